The Kier molecular flexibility index (Phi) is 4.18. The molecule has 4 nitrogen and oxygen atoms in total. The van der Waals surface area contributed by atoms with Crippen molar-refractivity contribution in [2.75, 3.05) is 26.7 Å². The minimum absolute atomic E-state index is 0.150. The first-order valence-electron chi connectivity index (χ1n) is 6.37. The van der Waals surface area contributed by atoms with Gasteiger partial charge >= 0.3 is 0 Å². The van der Waals surface area contributed by atoms with Gasteiger partial charge in [0.2, 0.25) is 0 Å². The highest BCUT2D eigenvalue weighted by Gasteiger charge is 2.29. The van der Waals surface area contributed by atoms with Gasteiger partial charge < -0.3 is 15.0 Å². The number of nitrogens with one attached hydrogen (secondary N) is 1. The average molecular weight is 226 g/mol. The molecule has 16 heavy (non-hydrogen) atoms. The lowest BCUT2D eigenvalue weighted by Gasteiger charge is -2.23. The molecule has 0 aromatic carbocycles. The number of carbonyl (C=O) groups excluding carboxylic acids is 1. The maximum Gasteiger partial charge on any atom is 0.251 e. The van der Waals surface area contributed by atoms with Gasteiger partial charge in [-0.3, -0.25) is 4.79 Å². The van der Waals surface area contributed by atoms with Crippen LogP contribution in [0.3, 0.4) is 0 Å². The van der Waals surface area contributed by atoms with E-state index in [4.69, 9.17) is 4.74 Å². The number of carbonyl (C=O) groups is 1. The van der Waals surface area contributed by atoms with Crippen LogP contribution in [0.25, 0.3) is 0 Å². The Morgan fingerprint density at radius 3 is 2.94 bits per heavy atom. The molecule has 2 saturated heterocycles. The maximum absolute atomic E-state index is 11.6. The van der Waals surface area contributed by atoms with E-state index in [1.54, 1.807) is 4.90 Å². The lowest BCUT2D eigenvalue weighted by molar-refractivity contribution is -0.136. The van der Waals surface area contributed by atoms with E-state index < -0.39 is 0 Å². The summed E-state index contributed by atoms with van der Waals surface area (Å²) in [5.74, 6) is 0.150. The van der Waals surface area contributed by atoms with E-state index in [-0.39, 0.29) is 12.0 Å². The zero-order chi connectivity index (χ0) is 11.4. The predicted octanol–water partition coefficient (Wildman–Crippen LogP) is 0.766. The second-order valence-corrected chi connectivity index (χ2v) is 4.84. The molecule has 0 bridgehead atoms. The number of amides is 1. The summed E-state index contributed by atoms with van der Waals surface area (Å²) in [5.41, 5.74) is 0. The molecule has 0 aliphatic carbocycles. The number of likely N-dealkylation sites (N-methyl/N-ethyl adjacent to an activating group) is 1. The summed E-state index contributed by atoms with van der Waals surface area (Å²) in [6.07, 6.45) is 5.59. The first-order chi connectivity index (χ1) is 7.77. The summed E-state index contributed by atoms with van der Waals surface area (Å²) < 4.78 is 5.66. The van der Waals surface area contributed by atoms with Gasteiger partial charge in [-0.15, -0.1) is 0 Å². The fourth-order valence-corrected chi connectivity index (χ4v) is 2.47. The van der Waals surface area contributed by atoms with E-state index in [1.165, 1.54) is 19.3 Å². The predicted molar refractivity (Wildman–Crippen MR) is 62.3 cm³/mol. The van der Waals surface area contributed by atoms with Crippen molar-refractivity contribution in [2.45, 2.75) is 44.2 Å². The zero-order valence-electron chi connectivity index (χ0n) is 10.1. The smallest absolute Gasteiger partial charge is 0.251 e. The molecule has 2 atom stereocenters. The van der Waals surface area contributed by atoms with Crippen LogP contribution >= 0.6 is 0 Å². The van der Waals surface area contributed by atoms with Crippen molar-refractivity contribution in [3.63, 3.8) is 0 Å². The van der Waals surface area contributed by atoms with Crippen LogP contribution in [0, 0.1) is 0 Å². The molecule has 2 unspecified atom stereocenters. The number of hydrogen-bond acceptors (Lipinski definition) is 3. The SMILES string of the molecule is CN1CCC(OCCC2CCCCN2)C1=O. The number of piperidine rings is 1. The fourth-order valence-electron chi connectivity index (χ4n) is 2.47. The van der Waals surface area contributed by atoms with Crippen molar-refractivity contribution in [3.8, 4) is 0 Å². The van der Waals surface area contributed by atoms with Crippen LogP contribution in [0.5, 0.6) is 0 Å². The third-order valence-corrected chi connectivity index (χ3v) is 3.58. The molecule has 1 amide bonds. The Balaban J connectivity index is 1.62. The van der Waals surface area contributed by atoms with Crippen LogP contribution in [-0.4, -0.2) is 49.7 Å². The highest BCUT2D eigenvalue weighted by Crippen LogP contribution is 2.14. The van der Waals surface area contributed by atoms with Crippen LogP contribution in [0.2, 0.25) is 0 Å². The average Bonchev–Trinajstić information content (AvgIpc) is 2.62. The standard InChI is InChI=1S/C12H22N2O2/c1-14-8-5-11(12(14)15)16-9-6-10-4-2-3-7-13-10/h10-11,13H,2-9H2,1H3. The molecular weight excluding hydrogens is 204 g/mol. The first-order valence-corrected chi connectivity index (χ1v) is 6.37. The van der Waals surface area contributed by atoms with Crippen LogP contribution < -0.4 is 5.32 Å². The molecule has 0 aromatic rings. The minimum Gasteiger partial charge on any atom is -0.368 e. The number of likely N-dealkylation sites (tertiary alicyclic amines) is 1. The Morgan fingerprint density at radius 1 is 1.44 bits per heavy atom. The summed E-state index contributed by atoms with van der Waals surface area (Å²) in [5, 5.41) is 3.49. The van der Waals surface area contributed by atoms with Crippen LogP contribution in [-0.2, 0) is 9.53 Å². The molecule has 92 valence electrons. The Bertz CT molecular complexity index is 239. The number of hydrogen-bond donors (Lipinski definition) is 1. The molecule has 1 N–H and O–H groups in total. The van der Waals surface area contributed by atoms with Crippen molar-refractivity contribution in [1.82, 2.24) is 10.2 Å². The van der Waals surface area contributed by atoms with Crippen molar-refractivity contribution >= 4 is 5.91 Å². The maximum atomic E-state index is 11.6. The molecule has 4 heteroatoms. The summed E-state index contributed by atoms with van der Waals surface area (Å²) >= 11 is 0. The van der Waals surface area contributed by atoms with Gasteiger partial charge in [-0.1, -0.05) is 6.42 Å². The molecule has 0 radical (unpaired) electrons. The van der Waals surface area contributed by atoms with Gasteiger partial charge in [0.1, 0.15) is 6.10 Å². The topological polar surface area (TPSA) is 41.6 Å². The Labute approximate surface area is 97.3 Å². The largest absolute Gasteiger partial charge is 0.368 e. The fraction of sp³-hybridized carbons (Fsp3) is 0.917. The third kappa shape index (κ3) is 2.95. The summed E-state index contributed by atoms with van der Waals surface area (Å²) in [4.78, 5) is 13.3. The zero-order valence-corrected chi connectivity index (χ0v) is 10.1. The van der Waals surface area contributed by atoms with Gasteiger partial charge in [0.05, 0.1) is 0 Å². The molecular formula is C12H22N2O2. The summed E-state index contributed by atoms with van der Waals surface area (Å²) in [6.45, 7) is 2.68. The molecule has 2 rings (SSSR count). The van der Waals surface area contributed by atoms with Crippen molar-refractivity contribution < 1.29 is 9.53 Å². The van der Waals surface area contributed by atoms with E-state index in [1.807, 2.05) is 7.05 Å². The first kappa shape index (κ1) is 11.9. The molecule has 0 aromatic heterocycles. The van der Waals surface area contributed by atoms with Gasteiger partial charge in [-0.25, -0.2) is 0 Å². The molecule has 2 heterocycles. The highest BCUT2D eigenvalue weighted by atomic mass is 16.5. The van der Waals surface area contributed by atoms with Crippen molar-refractivity contribution in [3.05, 3.63) is 0 Å². The summed E-state index contributed by atoms with van der Waals surface area (Å²) in [7, 11) is 1.84. The number of rotatable bonds is 4. The normalized spacial score (nSPS) is 31.1. The van der Waals surface area contributed by atoms with Crippen LogP contribution in [0.1, 0.15) is 32.1 Å². The van der Waals surface area contributed by atoms with Gasteiger partial charge in [0.25, 0.3) is 5.91 Å². The Hall–Kier alpha value is -0.610. The van der Waals surface area contributed by atoms with E-state index in [2.05, 4.69) is 5.32 Å². The van der Waals surface area contributed by atoms with Gasteiger partial charge in [-0.2, -0.15) is 0 Å². The molecule has 2 aliphatic heterocycles. The lowest BCUT2D eigenvalue weighted by Crippen LogP contribution is -2.35. The molecule has 0 saturated carbocycles. The quantitative estimate of drug-likeness (QED) is 0.769. The van der Waals surface area contributed by atoms with Gasteiger partial charge in [0, 0.05) is 32.7 Å². The van der Waals surface area contributed by atoms with E-state index >= 15 is 0 Å². The van der Waals surface area contributed by atoms with Gasteiger partial charge in [-0.05, 0) is 25.8 Å². The highest BCUT2D eigenvalue weighted by molar-refractivity contribution is 5.82. The van der Waals surface area contributed by atoms with E-state index in [0.29, 0.717) is 12.6 Å². The van der Waals surface area contributed by atoms with Gasteiger partial charge in [0.15, 0.2) is 0 Å². The molecule has 2 aliphatic rings. The monoisotopic (exact) mass is 226 g/mol. The summed E-state index contributed by atoms with van der Waals surface area (Å²) in [6, 6.07) is 0.600. The molecule has 0 spiro atoms. The lowest BCUT2D eigenvalue weighted by atomic mass is 10.0. The third-order valence-electron chi connectivity index (χ3n) is 3.58. The minimum atomic E-state index is -0.173. The van der Waals surface area contributed by atoms with Crippen molar-refractivity contribution in [1.29, 1.82) is 0 Å². The number of ether oxygens (including phenoxy) is 1. The Morgan fingerprint density at radius 2 is 2.31 bits per heavy atom. The number of nitrogens with zero attached hydrogens (tertiary/aromatic N) is 1. The second-order valence-electron chi connectivity index (χ2n) is 4.84. The second kappa shape index (κ2) is 5.64. The van der Waals surface area contributed by atoms with E-state index in [0.717, 1.165) is 25.9 Å². The van der Waals surface area contributed by atoms with E-state index in [9.17, 15) is 4.79 Å². The van der Waals surface area contributed by atoms with Crippen LogP contribution in [0.4, 0.5) is 0 Å². The van der Waals surface area contributed by atoms with Crippen molar-refractivity contribution in [2.24, 2.45) is 0 Å². The molecule has 2 fully saturated rings. The van der Waals surface area contributed by atoms with Crippen LogP contribution in [0.15, 0.2) is 0 Å².